The Kier molecular flexibility index (Phi) is 3.65. The number of hydrogen-bond acceptors (Lipinski definition) is 4. The fourth-order valence-electron chi connectivity index (χ4n) is 5.07. The van der Waals surface area contributed by atoms with Gasteiger partial charge in [-0.2, -0.15) is 0 Å². The fourth-order valence-corrected chi connectivity index (χ4v) is 5.07. The second kappa shape index (κ2) is 5.98. The smallest absolute Gasteiger partial charge is 0.291 e. The number of fused-ring (bicyclic) bond motifs is 4. The van der Waals surface area contributed by atoms with Gasteiger partial charge < -0.3 is 15.7 Å². The molecule has 3 aliphatic heterocycles. The van der Waals surface area contributed by atoms with Crippen LogP contribution in [0.4, 0.5) is 5.69 Å². The molecule has 5 rings (SSSR count). The molecular weight excluding hydrogens is 358 g/mol. The Bertz CT molecular complexity index is 992. The molecule has 2 aromatic carbocycles. The van der Waals surface area contributed by atoms with E-state index in [1.807, 2.05) is 48.5 Å². The lowest BCUT2D eigenvalue weighted by atomic mass is 9.76. The number of rotatable bonds is 3. The molecule has 7 heteroatoms. The van der Waals surface area contributed by atoms with Crippen molar-refractivity contribution in [2.24, 2.45) is 11.8 Å². The van der Waals surface area contributed by atoms with E-state index in [1.165, 1.54) is 4.90 Å². The van der Waals surface area contributed by atoms with Gasteiger partial charge in [0, 0.05) is 5.56 Å². The number of para-hydroxylation sites is 1. The third-order valence-electron chi connectivity index (χ3n) is 6.26. The van der Waals surface area contributed by atoms with E-state index in [4.69, 9.17) is 0 Å². The Morgan fingerprint density at radius 3 is 2.46 bits per heavy atom. The molecule has 142 valence electrons. The van der Waals surface area contributed by atoms with E-state index in [2.05, 4.69) is 5.32 Å². The lowest BCUT2D eigenvalue weighted by Gasteiger charge is -2.26. The predicted octanol–water partition coefficient (Wildman–Crippen LogP) is -0.427. The first-order chi connectivity index (χ1) is 13.6. The maximum Gasteiger partial charge on any atom is 0.291 e. The Morgan fingerprint density at radius 1 is 1.00 bits per heavy atom. The van der Waals surface area contributed by atoms with Crippen molar-refractivity contribution in [2.45, 2.75) is 18.1 Å². The molecule has 3 amide bonds. The second-order valence-electron chi connectivity index (χ2n) is 7.63. The zero-order valence-electron chi connectivity index (χ0n) is 15.0. The summed E-state index contributed by atoms with van der Waals surface area (Å²) in [5.41, 5.74) is 0.989. The van der Waals surface area contributed by atoms with E-state index in [0.29, 0.717) is 11.3 Å². The summed E-state index contributed by atoms with van der Waals surface area (Å²) in [6, 6.07) is 16.0. The molecule has 0 unspecified atom stereocenters. The fraction of sp³-hybridized carbons (Fsp3) is 0.286. The molecule has 0 bridgehead atoms. The van der Waals surface area contributed by atoms with Crippen LogP contribution in [0.5, 0.6) is 0 Å². The van der Waals surface area contributed by atoms with Gasteiger partial charge in [0.2, 0.25) is 17.4 Å². The highest BCUT2D eigenvalue weighted by atomic mass is 16.3. The van der Waals surface area contributed by atoms with Crippen LogP contribution in [0.1, 0.15) is 11.1 Å². The zero-order chi connectivity index (χ0) is 19.5. The number of carbonyl (C=O) groups is 3. The molecule has 0 radical (unpaired) electrons. The standard InChI is InChI=1S/C21H19N3O4/c25-11-15-16-17(19(27)24(18(16)26)10-12-6-2-1-3-7-12)21(23-15)13-8-4-5-9-14(13)22-20(21)28/h1-9,15-17,23,25H,10-11H2,(H,22,28)/p+1/t15-,16+,17-,21+/m1/s1. The molecule has 2 saturated heterocycles. The number of likely N-dealkylation sites (tertiary alicyclic amines) is 1. The quantitative estimate of drug-likeness (QED) is 0.631. The van der Waals surface area contributed by atoms with Gasteiger partial charge in [-0.1, -0.05) is 48.5 Å². The summed E-state index contributed by atoms with van der Waals surface area (Å²) in [5, 5.41) is 14.5. The molecular formula is C21H20N3O4+. The number of anilines is 1. The molecule has 3 aliphatic rings. The largest absolute Gasteiger partial charge is 0.390 e. The van der Waals surface area contributed by atoms with Gasteiger partial charge in [0.1, 0.15) is 17.9 Å². The average Bonchev–Trinajstić information content (AvgIpc) is 3.29. The maximum absolute atomic E-state index is 13.4. The number of aliphatic hydroxyl groups excluding tert-OH is 1. The number of hydrogen-bond donors (Lipinski definition) is 3. The van der Waals surface area contributed by atoms with Gasteiger partial charge >= 0.3 is 0 Å². The highest BCUT2D eigenvalue weighted by molar-refractivity contribution is 6.13. The molecule has 0 aliphatic carbocycles. The van der Waals surface area contributed by atoms with Crippen LogP contribution >= 0.6 is 0 Å². The van der Waals surface area contributed by atoms with E-state index < -0.39 is 23.4 Å². The van der Waals surface area contributed by atoms with E-state index in [9.17, 15) is 19.5 Å². The zero-order valence-corrected chi connectivity index (χ0v) is 15.0. The van der Waals surface area contributed by atoms with Crippen molar-refractivity contribution < 1.29 is 24.8 Å². The number of benzene rings is 2. The van der Waals surface area contributed by atoms with Crippen LogP contribution in [0, 0.1) is 11.8 Å². The molecule has 2 fully saturated rings. The summed E-state index contributed by atoms with van der Waals surface area (Å²) < 4.78 is 0. The average molecular weight is 378 g/mol. The summed E-state index contributed by atoms with van der Waals surface area (Å²) in [5.74, 6) is -2.52. The van der Waals surface area contributed by atoms with E-state index >= 15 is 0 Å². The van der Waals surface area contributed by atoms with Gasteiger partial charge in [0.25, 0.3) is 5.91 Å². The number of nitrogens with two attached hydrogens (primary N) is 1. The molecule has 4 atom stereocenters. The Hall–Kier alpha value is -3.03. The first-order valence-electron chi connectivity index (χ1n) is 9.35. The number of amides is 3. The highest BCUT2D eigenvalue weighted by Gasteiger charge is 2.74. The first kappa shape index (κ1) is 17.1. The van der Waals surface area contributed by atoms with Crippen LogP contribution in [0.3, 0.4) is 0 Å². The third-order valence-corrected chi connectivity index (χ3v) is 6.26. The number of carbonyl (C=O) groups excluding carboxylic acids is 3. The molecule has 2 aromatic rings. The molecule has 0 aromatic heterocycles. The van der Waals surface area contributed by atoms with Crippen molar-refractivity contribution in [2.75, 3.05) is 11.9 Å². The summed E-state index contributed by atoms with van der Waals surface area (Å²) in [7, 11) is 0. The van der Waals surface area contributed by atoms with Gasteiger partial charge in [-0.15, -0.1) is 0 Å². The Balaban J connectivity index is 1.60. The van der Waals surface area contributed by atoms with Crippen LogP contribution in [-0.4, -0.2) is 40.4 Å². The molecule has 0 saturated carbocycles. The molecule has 4 N–H and O–H groups in total. The predicted molar refractivity (Wildman–Crippen MR) is 98.5 cm³/mol. The van der Waals surface area contributed by atoms with Gasteiger partial charge in [0.05, 0.1) is 18.8 Å². The van der Waals surface area contributed by atoms with Gasteiger partial charge in [-0.05, 0) is 11.6 Å². The van der Waals surface area contributed by atoms with E-state index in [-0.39, 0.29) is 30.9 Å². The first-order valence-corrected chi connectivity index (χ1v) is 9.35. The van der Waals surface area contributed by atoms with E-state index in [0.717, 1.165) is 5.56 Å². The van der Waals surface area contributed by atoms with Crippen molar-refractivity contribution >= 4 is 23.4 Å². The monoisotopic (exact) mass is 378 g/mol. The van der Waals surface area contributed by atoms with Crippen molar-refractivity contribution in [1.29, 1.82) is 0 Å². The lowest BCUT2D eigenvalue weighted by Crippen LogP contribution is -2.99. The number of nitrogens with one attached hydrogen (secondary N) is 1. The van der Waals surface area contributed by atoms with Crippen molar-refractivity contribution in [3.8, 4) is 0 Å². The topological polar surface area (TPSA) is 103 Å². The SMILES string of the molecule is O=C1[C@H]2[C@@H](CO)[NH2+][C@]3(C(=O)Nc4ccccc43)[C@H]2C(=O)N1Cc1ccccc1. The Morgan fingerprint density at radius 2 is 1.71 bits per heavy atom. The summed E-state index contributed by atoms with van der Waals surface area (Å²) >= 11 is 0. The van der Waals surface area contributed by atoms with Crippen LogP contribution in [0.25, 0.3) is 0 Å². The molecule has 28 heavy (non-hydrogen) atoms. The summed E-state index contributed by atoms with van der Waals surface area (Å²) in [4.78, 5) is 40.9. The van der Waals surface area contributed by atoms with Gasteiger partial charge in [0.15, 0.2) is 0 Å². The van der Waals surface area contributed by atoms with Crippen LogP contribution < -0.4 is 10.6 Å². The third kappa shape index (κ3) is 2.08. The summed E-state index contributed by atoms with van der Waals surface area (Å²) in [6.45, 7) is -0.112. The molecule has 7 nitrogen and oxygen atoms in total. The van der Waals surface area contributed by atoms with Gasteiger partial charge in [-0.3, -0.25) is 19.3 Å². The minimum atomic E-state index is -1.22. The van der Waals surface area contributed by atoms with Crippen molar-refractivity contribution in [1.82, 2.24) is 4.90 Å². The molecule has 3 heterocycles. The van der Waals surface area contributed by atoms with E-state index in [1.54, 1.807) is 11.4 Å². The second-order valence-corrected chi connectivity index (χ2v) is 7.63. The van der Waals surface area contributed by atoms with Gasteiger partial charge in [-0.25, -0.2) is 0 Å². The Labute approximate surface area is 161 Å². The normalized spacial score (nSPS) is 30.7. The number of imide groups is 1. The van der Waals surface area contributed by atoms with Crippen molar-refractivity contribution in [3.05, 3.63) is 65.7 Å². The summed E-state index contributed by atoms with van der Waals surface area (Å²) in [6.07, 6.45) is 0. The maximum atomic E-state index is 13.4. The lowest BCUT2D eigenvalue weighted by molar-refractivity contribution is -0.734. The van der Waals surface area contributed by atoms with Crippen LogP contribution in [0.2, 0.25) is 0 Å². The molecule has 1 spiro atoms. The number of nitrogens with zero attached hydrogens (tertiary/aromatic N) is 1. The number of aliphatic hydroxyl groups is 1. The number of quaternary nitrogens is 1. The minimum Gasteiger partial charge on any atom is -0.390 e. The highest BCUT2D eigenvalue weighted by Crippen LogP contribution is 2.48. The van der Waals surface area contributed by atoms with Crippen LogP contribution in [0.15, 0.2) is 54.6 Å². The minimum absolute atomic E-state index is 0.170. The van der Waals surface area contributed by atoms with Crippen molar-refractivity contribution in [3.63, 3.8) is 0 Å². The van der Waals surface area contributed by atoms with Crippen LogP contribution in [-0.2, 0) is 26.5 Å².